The lowest BCUT2D eigenvalue weighted by Gasteiger charge is -2.45. The number of benzene rings is 1. The van der Waals surface area contributed by atoms with Crippen LogP contribution in [-0.4, -0.2) is 65.9 Å². The molecule has 10 heteroatoms. The minimum absolute atomic E-state index is 0.00879. The number of rotatable bonds is 10. The Morgan fingerprint density at radius 3 is 2.47 bits per heavy atom. The van der Waals surface area contributed by atoms with Crippen LogP contribution in [-0.2, 0) is 20.3 Å². The van der Waals surface area contributed by atoms with E-state index in [-0.39, 0.29) is 36.1 Å². The molecule has 3 heterocycles. The van der Waals surface area contributed by atoms with Gasteiger partial charge in [-0.15, -0.1) is 0 Å². The molecule has 1 aromatic heterocycles. The van der Waals surface area contributed by atoms with E-state index in [2.05, 4.69) is 77.2 Å². The van der Waals surface area contributed by atoms with Gasteiger partial charge in [0.1, 0.15) is 5.58 Å². The van der Waals surface area contributed by atoms with Crippen LogP contribution in [0.25, 0.3) is 11.0 Å². The van der Waals surface area contributed by atoms with Crippen molar-refractivity contribution in [2.75, 3.05) is 31.6 Å². The van der Waals surface area contributed by atoms with E-state index in [1.54, 1.807) is 0 Å². The first-order chi connectivity index (χ1) is 20.2. The molecule has 1 aromatic carbocycles. The molecule has 0 bridgehead atoms. The van der Waals surface area contributed by atoms with Crippen LogP contribution in [0, 0.1) is 18.3 Å². The lowest BCUT2D eigenvalue weighted by atomic mass is 9.80. The zero-order valence-electron chi connectivity index (χ0n) is 27.4. The van der Waals surface area contributed by atoms with Gasteiger partial charge in [0.15, 0.2) is 0 Å². The smallest absolute Gasteiger partial charge is 0.340 e. The largest absolute Gasteiger partial charge is 0.422 e. The van der Waals surface area contributed by atoms with Gasteiger partial charge >= 0.3 is 5.63 Å². The maximum atomic E-state index is 13.4. The van der Waals surface area contributed by atoms with Crippen LogP contribution in [0.15, 0.2) is 21.3 Å². The molecule has 2 atom stereocenters. The van der Waals surface area contributed by atoms with Gasteiger partial charge in [-0.2, -0.15) is 5.26 Å². The van der Waals surface area contributed by atoms with Crippen molar-refractivity contribution < 1.29 is 18.3 Å². The molecule has 0 aliphatic carbocycles. The quantitative estimate of drug-likeness (QED) is 0.167. The van der Waals surface area contributed by atoms with Gasteiger partial charge in [-0.25, -0.2) is 9.46 Å². The van der Waals surface area contributed by atoms with E-state index in [1.165, 1.54) is 5.56 Å². The minimum Gasteiger partial charge on any atom is -0.422 e. The first kappa shape index (κ1) is 33.4. The molecule has 0 spiro atoms. The number of carbonyl (C=O) groups is 1. The van der Waals surface area contributed by atoms with Crippen LogP contribution in [0.5, 0.6) is 0 Å². The van der Waals surface area contributed by atoms with E-state index < -0.39 is 14.2 Å². The minimum atomic E-state index is -1.33. The van der Waals surface area contributed by atoms with Crippen molar-refractivity contribution in [3.05, 3.63) is 39.2 Å². The molecule has 236 valence electrons. The van der Waals surface area contributed by atoms with Gasteiger partial charge in [-0.3, -0.25) is 4.79 Å². The van der Waals surface area contributed by atoms with Gasteiger partial charge < -0.3 is 23.3 Å². The van der Waals surface area contributed by atoms with Crippen molar-refractivity contribution >= 4 is 31.1 Å². The predicted molar refractivity (Wildman–Crippen MR) is 172 cm³/mol. The molecule has 1 fully saturated rings. The number of amides is 1. The average molecular weight is 613 g/mol. The van der Waals surface area contributed by atoms with Crippen LogP contribution < -0.4 is 10.5 Å². The molecule has 1 saturated heterocycles. The third-order valence-electron chi connectivity index (χ3n) is 9.06. The third-order valence-corrected chi connectivity index (χ3v) is 11.2. The standard InChI is InChI=1S/C33H49N4O5P/c1-21(2)37(22(3)4)43(40-16-10-13-34)42-25-11-14-36(15-12-25)31(38)18-28-24(6)27-17-26-23(5)20-33(7,8)35(9)29(26)19-30(27)41-32(28)39/h17,19,21-23,25H,10-12,14-16,18,20H2,1-9H3. The maximum Gasteiger partial charge on any atom is 0.340 e. The highest BCUT2D eigenvalue weighted by atomic mass is 31.2. The van der Waals surface area contributed by atoms with Crippen LogP contribution >= 0.6 is 8.53 Å². The molecule has 2 aliphatic rings. The van der Waals surface area contributed by atoms with Gasteiger partial charge in [-0.05, 0) is 90.8 Å². The summed E-state index contributed by atoms with van der Waals surface area (Å²) < 4.78 is 20.6. The molecular weight excluding hydrogens is 563 g/mol. The second-order valence-corrected chi connectivity index (χ2v) is 14.7. The van der Waals surface area contributed by atoms with E-state index in [0.717, 1.165) is 23.1 Å². The molecule has 0 saturated carbocycles. The zero-order chi connectivity index (χ0) is 31.6. The van der Waals surface area contributed by atoms with Crippen molar-refractivity contribution in [1.82, 2.24) is 9.57 Å². The number of fused-ring (bicyclic) bond motifs is 2. The fourth-order valence-corrected chi connectivity index (χ4v) is 8.32. The Kier molecular flexibility index (Phi) is 10.6. The van der Waals surface area contributed by atoms with E-state index in [9.17, 15) is 9.59 Å². The van der Waals surface area contributed by atoms with Crippen molar-refractivity contribution in [1.29, 1.82) is 5.26 Å². The lowest BCUT2D eigenvalue weighted by Crippen LogP contribution is -2.45. The van der Waals surface area contributed by atoms with Crippen LogP contribution in [0.4, 0.5) is 5.69 Å². The maximum absolute atomic E-state index is 13.4. The van der Waals surface area contributed by atoms with Crippen molar-refractivity contribution in [3.8, 4) is 6.07 Å². The lowest BCUT2D eigenvalue weighted by molar-refractivity contribution is -0.132. The Morgan fingerprint density at radius 1 is 1.21 bits per heavy atom. The number of hydrogen-bond acceptors (Lipinski definition) is 8. The van der Waals surface area contributed by atoms with Gasteiger partial charge in [0.25, 0.3) is 8.53 Å². The van der Waals surface area contributed by atoms with E-state index in [1.807, 2.05) is 17.9 Å². The molecule has 1 amide bonds. The zero-order valence-corrected chi connectivity index (χ0v) is 28.3. The summed E-state index contributed by atoms with van der Waals surface area (Å²) in [5.41, 5.74) is 3.74. The summed E-state index contributed by atoms with van der Waals surface area (Å²) in [5, 5.41) is 9.87. The Hall–Kier alpha value is -2.50. The highest BCUT2D eigenvalue weighted by Gasteiger charge is 2.35. The summed E-state index contributed by atoms with van der Waals surface area (Å²) in [6, 6.07) is 6.74. The van der Waals surface area contributed by atoms with Crippen LogP contribution in [0.3, 0.4) is 0 Å². The normalized spacial score (nSPS) is 19.7. The molecule has 2 unspecified atom stereocenters. The molecule has 9 nitrogen and oxygen atoms in total. The van der Waals surface area contributed by atoms with Gasteiger partial charge in [-0.1, -0.05) is 6.92 Å². The highest BCUT2D eigenvalue weighted by molar-refractivity contribution is 7.44. The molecule has 0 radical (unpaired) electrons. The fourth-order valence-electron chi connectivity index (χ4n) is 6.55. The number of anilines is 1. The van der Waals surface area contributed by atoms with Crippen LogP contribution in [0.2, 0.25) is 0 Å². The highest BCUT2D eigenvalue weighted by Crippen LogP contribution is 2.48. The molecule has 2 aliphatic heterocycles. The summed E-state index contributed by atoms with van der Waals surface area (Å²) in [6.07, 6.45) is 2.71. The molecule has 0 N–H and O–H groups in total. The second-order valence-electron chi connectivity index (χ2n) is 13.3. The molecular formula is C33H49N4O5P. The number of nitrogens with zero attached hydrogens (tertiary/aromatic N) is 4. The van der Waals surface area contributed by atoms with Crippen LogP contribution in [0.1, 0.15) is 96.8 Å². The fraction of sp³-hybridized carbons (Fsp3) is 0.667. The Morgan fingerprint density at radius 2 is 1.86 bits per heavy atom. The third kappa shape index (κ3) is 7.26. The second kappa shape index (κ2) is 13.6. The summed E-state index contributed by atoms with van der Waals surface area (Å²) in [7, 11) is 0.768. The first-order valence-corrected chi connectivity index (χ1v) is 16.7. The van der Waals surface area contributed by atoms with E-state index in [0.29, 0.717) is 56.0 Å². The first-order valence-electron chi connectivity index (χ1n) is 15.6. The summed E-state index contributed by atoms with van der Waals surface area (Å²) >= 11 is 0. The summed E-state index contributed by atoms with van der Waals surface area (Å²) in [5.74, 6) is 0.302. The summed E-state index contributed by atoms with van der Waals surface area (Å²) in [6.45, 7) is 18.6. The topological polar surface area (TPSA) is 99.2 Å². The van der Waals surface area contributed by atoms with Crippen molar-refractivity contribution in [2.24, 2.45) is 0 Å². The van der Waals surface area contributed by atoms with E-state index in [4.69, 9.17) is 18.7 Å². The Bertz CT molecular complexity index is 1400. The van der Waals surface area contributed by atoms with E-state index >= 15 is 0 Å². The molecule has 4 rings (SSSR count). The average Bonchev–Trinajstić information content (AvgIpc) is 2.93. The van der Waals surface area contributed by atoms with Gasteiger partial charge in [0, 0.05) is 54.9 Å². The van der Waals surface area contributed by atoms with Gasteiger partial charge in [0.05, 0.1) is 37.2 Å². The van der Waals surface area contributed by atoms with Crippen molar-refractivity contribution in [3.63, 3.8) is 0 Å². The number of likely N-dealkylation sites (tertiary alicyclic amines) is 1. The van der Waals surface area contributed by atoms with Crippen molar-refractivity contribution in [2.45, 2.75) is 117 Å². The molecule has 2 aromatic rings. The Labute approximate surface area is 258 Å². The number of carbonyl (C=O) groups excluding carboxylic acids is 1. The monoisotopic (exact) mass is 612 g/mol. The number of aryl methyl sites for hydroxylation is 1. The predicted octanol–water partition coefficient (Wildman–Crippen LogP) is 6.65. The summed E-state index contributed by atoms with van der Waals surface area (Å²) in [4.78, 5) is 30.7. The Balaban J connectivity index is 1.46. The molecule has 43 heavy (non-hydrogen) atoms. The number of nitriles is 1. The number of hydrogen-bond donors (Lipinski definition) is 0. The van der Waals surface area contributed by atoms with Gasteiger partial charge in [0.2, 0.25) is 5.91 Å². The SMILES string of the molecule is Cc1c(CC(=O)N2CCC(OP(OCCC#N)N(C(C)C)C(C)C)CC2)c(=O)oc2cc3c(cc12)C(C)CC(C)(C)N3C. The number of piperidine rings is 1.